The van der Waals surface area contributed by atoms with E-state index in [9.17, 15) is 9.59 Å². The highest BCUT2D eigenvalue weighted by Gasteiger charge is 2.29. The minimum Gasteiger partial charge on any atom is -0.493 e. The standard InChI is InChI=1S/C23H35N3O4/c1-29-20-8-7-18(15-21(20)30-2)16-24-22(27)17-25-13-9-19(10-14-25)23(28)26-11-5-3-4-6-12-26/h7-8,15,19H,3-6,9-14,16-17H2,1-2H3,(H,24,27). The Bertz CT molecular complexity index is 708. The molecule has 2 aliphatic rings. The van der Waals surface area contributed by atoms with Gasteiger partial charge in [0, 0.05) is 25.6 Å². The number of likely N-dealkylation sites (tertiary alicyclic amines) is 2. The van der Waals surface area contributed by atoms with Gasteiger partial charge in [0.15, 0.2) is 11.5 Å². The van der Waals surface area contributed by atoms with Crippen molar-refractivity contribution < 1.29 is 19.1 Å². The van der Waals surface area contributed by atoms with E-state index in [1.807, 2.05) is 18.2 Å². The molecule has 0 aromatic heterocycles. The number of piperidine rings is 1. The summed E-state index contributed by atoms with van der Waals surface area (Å²) in [6.45, 7) is 4.25. The van der Waals surface area contributed by atoms with Crippen LogP contribution in [0.4, 0.5) is 0 Å². The lowest BCUT2D eigenvalue weighted by Crippen LogP contribution is -2.45. The first-order valence-electron chi connectivity index (χ1n) is 11.1. The Balaban J connectivity index is 1.40. The molecule has 2 saturated heterocycles. The normalized spacial score (nSPS) is 18.5. The SMILES string of the molecule is COc1ccc(CNC(=O)CN2CCC(C(=O)N3CCCCCC3)CC2)cc1OC. The average Bonchev–Trinajstić information content (AvgIpc) is 3.07. The fourth-order valence-electron chi connectivity index (χ4n) is 4.34. The number of rotatable bonds is 7. The number of benzene rings is 1. The van der Waals surface area contributed by atoms with E-state index in [2.05, 4.69) is 15.1 Å². The zero-order chi connectivity index (χ0) is 21.3. The molecule has 0 atom stereocenters. The van der Waals surface area contributed by atoms with Gasteiger partial charge in [-0.05, 0) is 56.5 Å². The molecule has 0 spiro atoms. The summed E-state index contributed by atoms with van der Waals surface area (Å²) in [5, 5.41) is 2.98. The van der Waals surface area contributed by atoms with Crippen LogP contribution in [0.5, 0.6) is 11.5 Å². The molecule has 2 heterocycles. The van der Waals surface area contributed by atoms with Crippen molar-refractivity contribution in [2.24, 2.45) is 5.92 Å². The first-order chi connectivity index (χ1) is 14.6. The number of carbonyl (C=O) groups excluding carboxylic acids is 2. The maximum atomic E-state index is 12.8. The van der Waals surface area contributed by atoms with E-state index in [0.717, 1.165) is 57.4 Å². The lowest BCUT2D eigenvalue weighted by Gasteiger charge is -2.33. The minimum atomic E-state index is 0.00193. The van der Waals surface area contributed by atoms with Crippen molar-refractivity contribution in [3.8, 4) is 11.5 Å². The van der Waals surface area contributed by atoms with Crippen molar-refractivity contribution in [1.29, 1.82) is 0 Å². The van der Waals surface area contributed by atoms with Crippen LogP contribution in [-0.2, 0) is 16.1 Å². The van der Waals surface area contributed by atoms with Gasteiger partial charge in [-0.1, -0.05) is 18.9 Å². The summed E-state index contributed by atoms with van der Waals surface area (Å²) in [7, 11) is 3.20. The molecule has 0 unspecified atom stereocenters. The zero-order valence-corrected chi connectivity index (χ0v) is 18.3. The van der Waals surface area contributed by atoms with Crippen molar-refractivity contribution in [3.05, 3.63) is 23.8 Å². The maximum absolute atomic E-state index is 12.8. The molecule has 2 aliphatic heterocycles. The first-order valence-corrected chi connectivity index (χ1v) is 11.1. The van der Waals surface area contributed by atoms with E-state index in [1.165, 1.54) is 12.8 Å². The van der Waals surface area contributed by atoms with Crippen molar-refractivity contribution in [1.82, 2.24) is 15.1 Å². The van der Waals surface area contributed by atoms with Crippen molar-refractivity contribution >= 4 is 11.8 Å². The molecule has 1 N–H and O–H groups in total. The second-order valence-corrected chi connectivity index (χ2v) is 8.26. The van der Waals surface area contributed by atoms with Crippen LogP contribution in [0, 0.1) is 5.92 Å². The highest BCUT2D eigenvalue weighted by Crippen LogP contribution is 2.27. The van der Waals surface area contributed by atoms with Gasteiger partial charge in [0.2, 0.25) is 11.8 Å². The van der Waals surface area contributed by atoms with Crippen LogP contribution < -0.4 is 14.8 Å². The third-order valence-electron chi connectivity index (χ3n) is 6.16. The monoisotopic (exact) mass is 417 g/mol. The molecule has 0 aliphatic carbocycles. The minimum absolute atomic E-state index is 0.00193. The van der Waals surface area contributed by atoms with Crippen LogP contribution in [0.15, 0.2) is 18.2 Å². The second-order valence-electron chi connectivity index (χ2n) is 8.26. The molecule has 3 rings (SSSR count). The summed E-state index contributed by atoms with van der Waals surface area (Å²) in [6.07, 6.45) is 6.42. The number of methoxy groups -OCH3 is 2. The molecular weight excluding hydrogens is 382 g/mol. The Morgan fingerprint density at radius 1 is 0.967 bits per heavy atom. The Labute approximate surface area is 179 Å². The Hall–Kier alpha value is -2.28. The van der Waals surface area contributed by atoms with Gasteiger partial charge in [0.25, 0.3) is 0 Å². The van der Waals surface area contributed by atoms with Gasteiger partial charge in [-0.25, -0.2) is 0 Å². The van der Waals surface area contributed by atoms with Gasteiger partial charge >= 0.3 is 0 Å². The van der Waals surface area contributed by atoms with Gasteiger partial charge < -0.3 is 19.7 Å². The van der Waals surface area contributed by atoms with Crippen molar-refractivity contribution in [2.45, 2.75) is 45.1 Å². The molecule has 2 fully saturated rings. The predicted octanol–water partition coefficient (Wildman–Crippen LogP) is 2.43. The van der Waals surface area contributed by atoms with E-state index >= 15 is 0 Å². The molecule has 0 bridgehead atoms. The zero-order valence-electron chi connectivity index (χ0n) is 18.3. The fourth-order valence-corrected chi connectivity index (χ4v) is 4.34. The van der Waals surface area contributed by atoms with Crippen LogP contribution in [0.25, 0.3) is 0 Å². The molecule has 1 aromatic carbocycles. The highest BCUT2D eigenvalue weighted by atomic mass is 16.5. The molecule has 7 heteroatoms. The lowest BCUT2D eigenvalue weighted by molar-refractivity contribution is -0.137. The van der Waals surface area contributed by atoms with E-state index in [4.69, 9.17) is 9.47 Å². The van der Waals surface area contributed by atoms with Crippen LogP contribution >= 0.6 is 0 Å². The van der Waals surface area contributed by atoms with Crippen molar-refractivity contribution in [2.75, 3.05) is 46.9 Å². The highest BCUT2D eigenvalue weighted by molar-refractivity contribution is 5.79. The van der Waals surface area contributed by atoms with Crippen LogP contribution in [0.2, 0.25) is 0 Å². The number of hydrogen-bond acceptors (Lipinski definition) is 5. The third-order valence-corrected chi connectivity index (χ3v) is 6.16. The van der Waals surface area contributed by atoms with Crippen LogP contribution in [-0.4, -0.2) is 68.6 Å². The van der Waals surface area contributed by atoms with E-state index < -0.39 is 0 Å². The quantitative estimate of drug-likeness (QED) is 0.738. The van der Waals surface area contributed by atoms with Crippen molar-refractivity contribution in [3.63, 3.8) is 0 Å². The van der Waals surface area contributed by atoms with Gasteiger partial charge in [0.1, 0.15) is 0 Å². The fraction of sp³-hybridized carbons (Fsp3) is 0.652. The Kier molecular flexibility index (Phi) is 8.37. The number of nitrogens with one attached hydrogen (secondary N) is 1. The van der Waals surface area contributed by atoms with Gasteiger partial charge in [-0.3, -0.25) is 14.5 Å². The first kappa shape index (κ1) is 22.4. The van der Waals surface area contributed by atoms with Gasteiger partial charge in [0.05, 0.1) is 20.8 Å². The summed E-state index contributed by atoms with van der Waals surface area (Å²) in [6, 6.07) is 5.63. The number of amides is 2. The number of ether oxygens (including phenoxy) is 2. The molecule has 30 heavy (non-hydrogen) atoms. The topological polar surface area (TPSA) is 71.1 Å². The summed E-state index contributed by atoms with van der Waals surface area (Å²) in [4.78, 5) is 29.4. The van der Waals surface area contributed by atoms with Gasteiger partial charge in [-0.2, -0.15) is 0 Å². The summed E-state index contributed by atoms with van der Waals surface area (Å²) >= 11 is 0. The number of carbonyl (C=O) groups is 2. The largest absolute Gasteiger partial charge is 0.493 e. The average molecular weight is 418 g/mol. The van der Waals surface area contributed by atoms with Crippen LogP contribution in [0.3, 0.4) is 0 Å². The molecule has 0 radical (unpaired) electrons. The Morgan fingerprint density at radius 3 is 2.27 bits per heavy atom. The molecule has 2 amide bonds. The molecule has 7 nitrogen and oxygen atoms in total. The van der Waals surface area contributed by atoms with Gasteiger partial charge in [-0.15, -0.1) is 0 Å². The van der Waals surface area contributed by atoms with Crippen LogP contribution in [0.1, 0.15) is 44.1 Å². The maximum Gasteiger partial charge on any atom is 0.234 e. The lowest BCUT2D eigenvalue weighted by atomic mass is 9.95. The summed E-state index contributed by atoms with van der Waals surface area (Å²) in [5.74, 6) is 1.77. The Morgan fingerprint density at radius 2 is 1.63 bits per heavy atom. The summed E-state index contributed by atoms with van der Waals surface area (Å²) < 4.78 is 10.5. The number of hydrogen-bond donors (Lipinski definition) is 1. The smallest absolute Gasteiger partial charge is 0.234 e. The number of nitrogens with zero attached hydrogens (tertiary/aromatic N) is 2. The molecular formula is C23H35N3O4. The third kappa shape index (κ3) is 6.11. The second kappa shape index (κ2) is 11.2. The molecule has 166 valence electrons. The molecule has 0 saturated carbocycles. The molecule has 1 aromatic rings. The van der Waals surface area contributed by atoms with E-state index in [0.29, 0.717) is 30.5 Å². The van der Waals surface area contributed by atoms with E-state index in [-0.39, 0.29) is 11.8 Å². The summed E-state index contributed by atoms with van der Waals surface area (Å²) in [5.41, 5.74) is 0.961. The predicted molar refractivity (Wildman–Crippen MR) is 116 cm³/mol. The van der Waals surface area contributed by atoms with E-state index in [1.54, 1.807) is 14.2 Å².